The number of benzene rings is 3. The summed E-state index contributed by atoms with van der Waals surface area (Å²) >= 11 is 1.60. The Hall–Kier alpha value is -2.98. The maximum atomic E-state index is 4.79. The van der Waals surface area contributed by atoms with Crippen LogP contribution in [-0.4, -0.2) is 17.4 Å². The Bertz CT molecular complexity index is 1190. The van der Waals surface area contributed by atoms with Gasteiger partial charge in [0.15, 0.2) is 0 Å². The van der Waals surface area contributed by atoms with Crippen LogP contribution in [-0.2, 0) is 0 Å². The van der Waals surface area contributed by atoms with Crippen LogP contribution in [0.2, 0.25) is 0 Å². The maximum absolute atomic E-state index is 4.79. The van der Waals surface area contributed by atoms with Crippen molar-refractivity contribution in [1.29, 1.82) is 0 Å². The van der Waals surface area contributed by atoms with Crippen molar-refractivity contribution in [1.82, 2.24) is 4.68 Å². The SMILES string of the molecule is C=C(C)CN=c1scc(C)n1N=Cc1c2ccccc2cc2ccccc12. The lowest BCUT2D eigenvalue weighted by Gasteiger charge is -2.08. The van der Waals surface area contributed by atoms with Crippen molar-refractivity contribution in [2.45, 2.75) is 13.8 Å². The molecular weight excluding hydrogens is 350 g/mol. The minimum Gasteiger partial charge on any atom is -0.253 e. The van der Waals surface area contributed by atoms with Crippen molar-refractivity contribution in [2.24, 2.45) is 10.1 Å². The molecule has 4 rings (SSSR count). The van der Waals surface area contributed by atoms with E-state index < -0.39 is 0 Å². The van der Waals surface area contributed by atoms with Gasteiger partial charge in [0.2, 0.25) is 4.80 Å². The Morgan fingerprint density at radius 3 is 2.33 bits per heavy atom. The van der Waals surface area contributed by atoms with Gasteiger partial charge in [0.25, 0.3) is 0 Å². The maximum Gasteiger partial charge on any atom is 0.206 e. The van der Waals surface area contributed by atoms with E-state index in [2.05, 4.69) is 78.5 Å². The molecule has 27 heavy (non-hydrogen) atoms. The predicted molar refractivity (Wildman–Crippen MR) is 117 cm³/mol. The highest BCUT2D eigenvalue weighted by Gasteiger charge is 2.06. The van der Waals surface area contributed by atoms with Crippen molar-refractivity contribution >= 4 is 39.1 Å². The first kappa shape index (κ1) is 17.4. The molecular formula is C23H21N3S. The first-order valence-corrected chi connectivity index (χ1v) is 9.78. The molecule has 4 heteroatoms. The third-order valence-electron chi connectivity index (χ3n) is 4.45. The van der Waals surface area contributed by atoms with E-state index in [0.717, 1.165) is 21.6 Å². The van der Waals surface area contributed by atoms with Gasteiger partial charge in [-0.25, -0.2) is 4.68 Å². The van der Waals surface area contributed by atoms with Crippen molar-refractivity contribution in [3.8, 4) is 0 Å². The van der Waals surface area contributed by atoms with Crippen LogP contribution in [0.1, 0.15) is 18.2 Å². The summed E-state index contributed by atoms with van der Waals surface area (Å²) in [6, 6.07) is 19.1. The molecule has 0 aliphatic carbocycles. The molecule has 0 atom stereocenters. The van der Waals surface area contributed by atoms with Crippen molar-refractivity contribution in [3.63, 3.8) is 0 Å². The summed E-state index contributed by atoms with van der Waals surface area (Å²) in [6.45, 7) is 8.59. The molecule has 0 spiro atoms. The number of hydrogen-bond donors (Lipinski definition) is 0. The Morgan fingerprint density at radius 1 is 1.07 bits per heavy atom. The Kier molecular flexibility index (Phi) is 4.73. The van der Waals surface area contributed by atoms with Gasteiger partial charge >= 0.3 is 0 Å². The molecule has 0 bridgehead atoms. The Balaban J connectivity index is 1.90. The summed E-state index contributed by atoms with van der Waals surface area (Å²) < 4.78 is 1.91. The summed E-state index contributed by atoms with van der Waals surface area (Å²) in [5.74, 6) is 0. The van der Waals surface area contributed by atoms with Gasteiger partial charge in [-0.2, -0.15) is 5.10 Å². The predicted octanol–water partition coefficient (Wildman–Crippen LogP) is 5.52. The largest absolute Gasteiger partial charge is 0.253 e. The van der Waals surface area contributed by atoms with Crippen LogP contribution in [0, 0.1) is 6.92 Å². The molecule has 0 saturated carbocycles. The van der Waals surface area contributed by atoms with Gasteiger partial charge in [-0.3, -0.25) is 4.99 Å². The van der Waals surface area contributed by atoms with Crippen LogP contribution in [0.3, 0.4) is 0 Å². The van der Waals surface area contributed by atoms with E-state index in [1.165, 1.54) is 21.5 Å². The molecule has 4 aromatic rings. The first-order valence-electron chi connectivity index (χ1n) is 8.90. The molecule has 0 saturated heterocycles. The molecule has 0 N–H and O–H groups in total. The summed E-state index contributed by atoms with van der Waals surface area (Å²) in [7, 11) is 0. The van der Waals surface area contributed by atoms with Gasteiger partial charge in [0.1, 0.15) is 0 Å². The minimum absolute atomic E-state index is 0.618. The average Bonchev–Trinajstić information content (AvgIpc) is 3.03. The van der Waals surface area contributed by atoms with E-state index in [0.29, 0.717) is 6.54 Å². The fourth-order valence-electron chi connectivity index (χ4n) is 3.14. The van der Waals surface area contributed by atoms with E-state index in [1.807, 2.05) is 17.8 Å². The number of thiazole rings is 1. The molecule has 0 radical (unpaired) electrons. The number of aromatic nitrogens is 1. The van der Waals surface area contributed by atoms with Gasteiger partial charge in [-0.15, -0.1) is 11.3 Å². The summed E-state index contributed by atoms with van der Waals surface area (Å²) in [4.78, 5) is 5.52. The number of nitrogens with zero attached hydrogens (tertiary/aromatic N) is 3. The highest BCUT2D eigenvalue weighted by molar-refractivity contribution is 7.07. The Morgan fingerprint density at radius 2 is 1.70 bits per heavy atom. The summed E-state index contributed by atoms with van der Waals surface area (Å²) in [6.07, 6.45) is 1.96. The molecule has 0 amide bonds. The van der Waals surface area contributed by atoms with Crippen LogP contribution in [0.15, 0.2) is 82.2 Å². The quantitative estimate of drug-likeness (QED) is 0.257. The first-order chi connectivity index (χ1) is 13.1. The summed E-state index contributed by atoms with van der Waals surface area (Å²) in [5, 5.41) is 11.7. The van der Waals surface area contributed by atoms with Crippen LogP contribution in [0.25, 0.3) is 21.5 Å². The molecule has 1 aromatic heterocycles. The molecule has 3 aromatic carbocycles. The van der Waals surface area contributed by atoms with E-state index in [4.69, 9.17) is 5.10 Å². The number of hydrogen-bond acceptors (Lipinski definition) is 3. The van der Waals surface area contributed by atoms with E-state index in [9.17, 15) is 0 Å². The minimum atomic E-state index is 0.618. The zero-order chi connectivity index (χ0) is 18.8. The second kappa shape index (κ2) is 7.33. The van der Waals surface area contributed by atoms with Gasteiger partial charge in [0.05, 0.1) is 18.5 Å². The average molecular weight is 372 g/mol. The van der Waals surface area contributed by atoms with Gasteiger partial charge < -0.3 is 0 Å². The molecule has 0 fully saturated rings. The second-order valence-corrected chi connectivity index (χ2v) is 7.56. The van der Waals surface area contributed by atoms with E-state index >= 15 is 0 Å². The van der Waals surface area contributed by atoms with Crippen LogP contribution >= 0.6 is 11.3 Å². The third-order valence-corrected chi connectivity index (χ3v) is 5.42. The standard InChI is InChI=1S/C23H21N3S/c1-16(2)13-24-23-26(17(3)15-27-23)25-14-22-20-10-6-4-8-18(20)12-19-9-5-7-11-21(19)22/h4-12,14-15H,1,13H2,2-3H3. The molecule has 0 aliphatic rings. The lowest BCUT2D eigenvalue weighted by molar-refractivity contribution is 0.796. The molecule has 0 aliphatic heterocycles. The van der Waals surface area contributed by atoms with Gasteiger partial charge in [0, 0.05) is 10.9 Å². The topological polar surface area (TPSA) is 29.6 Å². The molecule has 0 unspecified atom stereocenters. The number of rotatable bonds is 4. The van der Waals surface area contributed by atoms with Gasteiger partial charge in [-0.1, -0.05) is 60.7 Å². The monoisotopic (exact) mass is 371 g/mol. The zero-order valence-corrected chi connectivity index (χ0v) is 16.3. The van der Waals surface area contributed by atoms with Crippen molar-refractivity contribution < 1.29 is 0 Å². The zero-order valence-electron chi connectivity index (χ0n) is 15.5. The molecule has 1 heterocycles. The fraction of sp³-hybridized carbons (Fsp3) is 0.130. The third kappa shape index (κ3) is 3.49. The van der Waals surface area contributed by atoms with Gasteiger partial charge in [-0.05, 0) is 41.5 Å². The number of fused-ring (bicyclic) bond motifs is 2. The Labute approximate surface area is 162 Å². The smallest absolute Gasteiger partial charge is 0.206 e. The fourth-order valence-corrected chi connectivity index (χ4v) is 3.95. The van der Waals surface area contributed by atoms with Crippen molar-refractivity contribution in [2.75, 3.05) is 6.54 Å². The molecule has 3 nitrogen and oxygen atoms in total. The second-order valence-electron chi connectivity index (χ2n) is 6.72. The van der Waals surface area contributed by atoms with E-state index in [1.54, 1.807) is 11.3 Å². The number of aryl methyl sites for hydroxylation is 1. The van der Waals surface area contributed by atoms with Crippen molar-refractivity contribution in [3.05, 3.63) is 88.2 Å². The van der Waals surface area contributed by atoms with Crippen LogP contribution in [0.5, 0.6) is 0 Å². The highest BCUT2D eigenvalue weighted by Crippen LogP contribution is 2.27. The molecule has 134 valence electrons. The van der Waals surface area contributed by atoms with Crippen LogP contribution in [0.4, 0.5) is 0 Å². The van der Waals surface area contributed by atoms with E-state index in [-0.39, 0.29) is 0 Å². The summed E-state index contributed by atoms with van der Waals surface area (Å²) in [5.41, 5.74) is 3.24. The highest BCUT2D eigenvalue weighted by atomic mass is 32.1. The van der Waals surface area contributed by atoms with Crippen LogP contribution < -0.4 is 4.80 Å². The lowest BCUT2D eigenvalue weighted by atomic mass is 9.97. The lowest BCUT2D eigenvalue weighted by Crippen LogP contribution is -2.13. The normalized spacial score (nSPS) is 12.4.